The van der Waals surface area contributed by atoms with Crippen molar-refractivity contribution in [3.63, 3.8) is 0 Å². The Kier molecular flexibility index (Phi) is 7.26. The average Bonchev–Trinajstić information content (AvgIpc) is 2.79. The van der Waals surface area contributed by atoms with Gasteiger partial charge >= 0.3 is 5.97 Å². The van der Waals surface area contributed by atoms with Crippen LogP contribution in [0.3, 0.4) is 0 Å². The molecule has 0 aliphatic rings. The second-order valence-corrected chi connectivity index (χ2v) is 7.38. The van der Waals surface area contributed by atoms with E-state index in [-0.39, 0.29) is 11.9 Å². The van der Waals surface area contributed by atoms with Crippen molar-refractivity contribution in [1.29, 1.82) is 0 Å². The second kappa shape index (κ2) is 10.3. The number of nitrogen functional groups attached to an aromatic ring is 1. The molecule has 0 amide bonds. The number of nitrogens with zero attached hydrogens (tertiary/aromatic N) is 2. The van der Waals surface area contributed by atoms with Crippen LogP contribution in [0.2, 0.25) is 0 Å². The Bertz CT molecular complexity index is 1000. The van der Waals surface area contributed by atoms with Gasteiger partial charge in [-0.05, 0) is 47.9 Å². The van der Waals surface area contributed by atoms with Gasteiger partial charge in [-0.2, -0.15) is 0 Å². The summed E-state index contributed by atoms with van der Waals surface area (Å²) < 4.78 is 10.4. The Morgan fingerprint density at radius 2 is 1.71 bits per heavy atom. The van der Waals surface area contributed by atoms with Crippen LogP contribution < -0.4 is 21.1 Å². The number of esters is 1. The molecule has 0 saturated carbocycles. The number of benzene rings is 2. The van der Waals surface area contributed by atoms with Crippen molar-refractivity contribution in [3.8, 4) is 5.75 Å². The van der Waals surface area contributed by atoms with Crippen LogP contribution >= 0.6 is 0 Å². The summed E-state index contributed by atoms with van der Waals surface area (Å²) in [4.78, 5) is 20.5. The Morgan fingerprint density at radius 3 is 2.35 bits per heavy atom. The predicted molar refractivity (Wildman–Crippen MR) is 122 cm³/mol. The number of ether oxygens (including phenoxy) is 2. The average molecular weight is 422 g/mol. The maximum Gasteiger partial charge on any atom is 0.338 e. The Labute approximate surface area is 181 Å². The Hall–Kier alpha value is -3.81. The first-order chi connectivity index (χ1) is 15.0. The molecule has 1 aromatic heterocycles. The number of methoxy groups -OCH3 is 1. The van der Waals surface area contributed by atoms with Gasteiger partial charge in [-0.15, -0.1) is 0 Å². The van der Waals surface area contributed by atoms with Crippen molar-refractivity contribution in [2.24, 2.45) is 5.92 Å². The smallest absolute Gasteiger partial charge is 0.338 e. The lowest BCUT2D eigenvalue weighted by Crippen LogP contribution is -2.10. The summed E-state index contributed by atoms with van der Waals surface area (Å²) in [5.41, 5.74) is 8.94. The summed E-state index contributed by atoms with van der Waals surface area (Å²) in [6.45, 7) is 4.93. The van der Waals surface area contributed by atoms with Gasteiger partial charge in [-0.1, -0.05) is 26.0 Å². The largest absolute Gasteiger partial charge is 0.497 e. The zero-order valence-corrected chi connectivity index (χ0v) is 17.9. The molecule has 8 heteroatoms. The molecule has 3 rings (SSSR count). The van der Waals surface area contributed by atoms with Gasteiger partial charge in [0.05, 0.1) is 19.3 Å². The molecule has 0 radical (unpaired) electrons. The fourth-order valence-electron chi connectivity index (χ4n) is 2.72. The van der Waals surface area contributed by atoms with Gasteiger partial charge in [-0.3, -0.25) is 0 Å². The van der Waals surface area contributed by atoms with Crippen molar-refractivity contribution in [3.05, 3.63) is 66.0 Å². The lowest BCUT2D eigenvalue weighted by molar-refractivity contribution is 0.0459. The number of anilines is 4. The van der Waals surface area contributed by atoms with Gasteiger partial charge in [0.15, 0.2) is 11.6 Å². The molecule has 1 heterocycles. The Balaban J connectivity index is 1.63. The molecule has 0 aliphatic heterocycles. The molecule has 0 aliphatic carbocycles. The van der Waals surface area contributed by atoms with Gasteiger partial charge in [-0.25, -0.2) is 14.8 Å². The lowest BCUT2D eigenvalue weighted by atomic mass is 10.2. The zero-order chi connectivity index (χ0) is 22.2. The third-order valence-electron chi connectivity index (χ3n) is 4.43. The minimum Gasteiger partial charge on any atom is -0.497 e. The van der Waals surface area contributed by atoms with Crippen molar-refractivity contribution in [1.82, 2.24) is 9.97 Å². The van der Waals surface area contributed by atoms with E-state index >= 15 is 0 Å². The number of aromatic nitrogens is 2. The van der Waals surface area contributed by atoms with E-state index in [4.69, 9.17) is 15.2 Å². The first kappa shape index (κ1) is 21.9. The third kappa shape index (κ3) is 6.08. The summed E-state index contributed by atoms with van der Waals surface area (Å²) in [5, 5.41) is 6.38. The van der Waals surface area contributed by atoms with Crippen molar-refractivity contribution >= 4 is 29.0 Å². The van der Waals surface area contributed by atoms with Crippen LogP contribution in [0, 0.1) is 5.92 Å². The van der Waals surface area contributed by atoms with E-state index < -0.39 is 0 Å². The first-order valence-corrected chi connectivity index (χ1v) is 9.97. The van der Waals surface area contributed by atoms with E-state index in [2.05, 4.69) is 20.6 Å². The molecular formula is C23H27N5O3. The van der Waals surface area contributed by atoms with E-state index in [1.165, 1.54) is 6.33 Å². The van der Waals surface area contributed by atoms with Crippen molar-refractivity contribution < 1.29 is 14.3 Å². The molecule has 31 heavy (non-hydrogen) atoms. The van der Waals surface area contributed by atoms with E-state index in [0.717, 1.165) is 17.0 Å². The van der Waals surface area contributed by atoms with Gasteiger partial charge in [0.2, 0.25) is 0 Å². The summed E-state index contributed by atoms with van der Waals surface area (Å²) in [5.74, 6) is 1.76. The molecule has 162 valence electrons. The van der Waals surface area contributed by atoms with Crippen LogP contribution in [0.15, 0.2) is 54.9 Å². The van der Waals surface area contributed by atoms with Crippen LogP contribution in [0.1, 0.15) is 29.8 Å². The molecular weight excluding hydrogens is 394 g/mol. The van der Waals surface area contributed by atoms with E-state index in [0.29, 0.717) is 36.0 Å². The standard InChI is InChI=1S/C23H27N5O3/c1-15(2)13-31-23(29)17-6-8-18(9-7-17)28-22-20(24)21(26-14-27-22)25-12-16-4-10-19(30-3)11-5-16/h4-11,14-15H,12-13,24H2,1-3H3,(H2,25,26,27,28). The number of nitrogens with two attached hydrogens (primary N) is 1. The maximum absolute atomic E-state index is 12.0. The van der Waals surface area contributed by atoms with Crippen LogP contribution in [0.5, 0.6) is 5.75 Å². The molecule has 0 bridgehead atoms. The third-order valence-corrected chi connectivity index (χ3v) is 4.43. The SMILES string of the molecule is COc1ccc(CNc2ncnc(Nc3ccc(C(=O)OCC(C)C)cc3)c2N)cc1. The predicted octanol–water partition coefficient (Wildman–Crippen LogP) is 4.24. The van der Waals surface area contributed by atoms with Crippen molar-refractivity contribution in [2.45, 2.75) is 20.4 Å². The highest BCUT2D eigenvalue weighted by Crippen LogP contribution is 2.26. The highest BCUT2D eigenvalue weighted by molar-refractivity contribution is 5.90. The highest BCUT2D eigenvalue weighted by atomic mass is 16.5. The highest BCUT2D eigenvalue weighted by Gasteiger charge is 2.11. The molecule has 0 saturated heterocycles. The number of nitrogens with one attached hydrogen (secondary N) is 2. The molecule has 2 aromatic carbocycles. The minimum absolute atomic E-state index is 0.290. The normalized spacial score (nSPS) is 10.6. The number of hydrogen-bond donors (Lipinski definition) is 3. The minimum atomic E-state index is -0.341. The Morgan fingerprint density at radius 1 is 1.03 bits per heavy atom. The fourth-order valence-corrected chi connectivity index (χ4v) is 2.72. The molecule has 0 unspecified atom stereocenters. The van der Waals surface area contributed by atoms with Crippen LogP contribution in [0.4, 0.5) is 23.0 Å². The summed E-state index contributed by atoms with van der Waals surface area (Å²) >= 11 is 0. The number of hydrogen-bond acceptors (Lipinski definition) is 8. The van der Waals surface area contributed by atoms with Crippen LogP contribution in [-0.4, -0.2) is 29.7 Å². The fraction of sp³-hybridized carbons (Fsp3) is 0.261. The number of carbonyl (C=O) groups excluding carboxylic acids is 1. The van der Waals surface area contributed by atoms with Crippen LogP contribution in [0.25, 0.3) is 0 Å². The second-order valence-electron chi connectivity index (χ2n) is 7.38. The molecule has 8 nitrogen and oxygen atoms in total. The van der Waals surface area contributed by atoms with Gasteiger partial charge in [0.25, 0.3) is 0 Å². The first-order valence-electron chi connectivity index (χ1n) is 9.97. The summed E-state index contributed by atoms with van der Waals surface area (Å²) in [7, 11) is 1.63. The molecule has 3 aromatic rings. The summed E-state index contributed by atoms with van der Waals surface area (Å²) in [6.07, 6.45) is 1.44. The maximum atomic E-state index is 12.0. The van der Waals surface area contributed by atoms with Crippen LogP contribution in [-0.2, 0) is 11.3 Å². The van der Waals surface area contributed by atoms with Gasteiger partial charge in [0, 0.05) is 12.2 Å². The van der Waals surface area contributed by atoms with Crippen molar-refractivity contribution in [2.75, 3.05) is 30.1 Å². The topological polar surface area (TPSA) is 111 Å². The molecule has 4 N–H and O–H groups in total. The van der Waals surface area contributed by atoms with E-state index in [1.54, 1.807) is 31.4 Å². The zero-order valence-electron chi connectivity index (χ0n) is 17.9. The molecule has 0 spiro atoms. The summed E-state index contributed by atoms with van der Waals surface area (Å²) in [6, 6.07) is 14.7. The monoisotopic (exact) mass is 421 g/mol. The van der Waals surface area contributed by atoms with E-state index in [1.807, 2.05) is 38.1 Å². The van der Waals surface area contributed by atoms with Gasteiger partial charge in [0.1, 0.15) is 17.8 Å². The number of carbonyl (C=O) groups is 1. The molecule has 0 atom stereocenters. The van der Waals surface area contributed by atoms with E-state index in [9.17, 15) is 4.79 Å². The molecule has 0 fully saturated rings. The van der Waals surface area contributed by atoms with Gasteiger partial charge < -0.3 is 25.8 Å². The number of rotatable bonds is 9. The lowest BCUT2D eigenvalue weighted by Gasteiger charge is -2.13. The quantitative estimate of drug-likeness (QED) is 0.440.